The van der Waals surface area contributed by atoms with Crippen molar-refractivity contribution in [1.29, 1.82) is 0 Å². The first kappa shape index (κ1) is 14.8. The minimum atomic E-state index is -0.876. The molecule has 1 aromatic rings. The zero-order valence-corrected chi connectivity index (χ0v) is 12.4. The standard InChI is InChI=1S/C15H23N3O2/c1-4-12-5-7-15(8-6-12,14(19)20)18-13-9-10(2)16-11(3)17-13/h9,12H,4-8H2,1-3H3,(H,19,20)(H,16,17,18). The number of nitrogens with zero attached hydrogens (tertiary/aromatic N) is 2. The molecule has 1 fully saturated rings. The number of carbonyl (C=O) groups is 1. The molecule has 0 spiro atoms. The van der Waals surface area contributed by atoms with Crippen molar-refractivity contribution in [2.45, 2.75) is 58.4 Å². The van der Waals surface area contributed by atoms with Crippen LogP contribution < -0.4 is 5.32 Å². The Kier molecular flexibility index (Phi) is 4.26. The molecule has 5 nitrogen and oxygen atoms in total. The number of hydrogen-bond donors (Lipinski definition) is 2. The summed E-state index contributed by atoms with van der Waals surface area (Å²) in [6.45, 7) is 5.88. The minimum Gasteiger partial charge on any atom is -0.480 e. The fraction of sp³-hybridized carbons (Fsp3) is 0.667. The predicted molar refractivity (Wildman–Crippen MR) is 77.7 cm³/mol. The summed E-state index contributed by atoms with van der Waals surface area (Å²) in [5, 5.41) is 12.8. The first-order valence-corrected chi connectivity index (χ1v) is 7.29. The molecule has 2 N–H and O–H groups in total. The normalized spacial score (nSPS) is 26.2. The van der Waals surface area contributed by atoms with Crippen molar-refractivity contribution >= 4 is 11.8 Å². The number of hydrogen-bond acceptors (Lipinski definition) is 4. The molecule has 2 rings (SSSR count). The van der Waals surface area contributed by atoms with Gasteiger partial charge in [0.05, 0.1) is 0 Å². The Morgan fingerprint density at radius 3 is 2.55 bits per heavy atom. The Labute approximate surface area is 119 Å². The molecule has 1 saturated carbocycles. The van der Waals surface area contributed by atoms with Gasteiger partial charge in [0, 0.05) is 11.8 Å². The Balaban J connectivity index is 2.20. The molecule has 0 bridgehead atoms. The highest BCUT2D eigenvalue weighted by Crippen LogP contribution is 2.36. The summed E-state index contributed by atoms with van der Waals surface area (Å²) < 4.78 is 0. The van der Waals surface area contributed by atoms with Gasteiger partial charge >= 0.3 is 5.97 Å². The lowest BCUT2D eigenvalue weighted by molar-refractivity contribution is -0.143. The van der Waals surface area contributed by atoms with Crippen LogP contribution in [0.5, 0.6) is 0 Å². The van der Waals surface area contributed by atoms with E-state index < -0.39 is 11.5 Å². The van der Waals surface area contributed by atoms with Crippen LogP contribution in [0.15, 0.2) is 6.07 Å². The van der Waals surface area contributed by atoms with E-state index in [1.54, 1.807) is 0 Å². The number of nitrogens with one attached hydrogen (secondary N) is 1. The lowest BCUT2D eigenvalue weighted by Gasteiger charge is -2.37. The molecule has 0 unspecified atom stereocenters. The Morgan fingerprint density at radius 1 is 1.40 bits per heavy atom. The van der Waals surface area contributed by atoms with Crippen LogP contribution >= 0.6 is 0 Å². The zero-order chi connectivity index (χ0) is 14.8. The maximum Gasteiger partial charge on any atom is 0.329 e. The van der Waals surface area contributed by atoms with Gasteiger partial charge in [0.2, 0.25) is 0 Å². The number of anilines is 1. The van der Waals surface area contributed by atoms with Gasteiger partial charge in [-0.2, -0.15) is 0 Å². The number of carboxylic acid groups (broad SMARTS) is 1. The zero-order valence-electron chi connectivity index (χ0n) is 12.4. The maximum absolute atomic E-state index is 11.7. The average molecular weight is 277 g/mol. The van der Waals surface area contributed by atoms with Crippen molar-refractivity contribution in [2.24, 2.45) is 5.92 Å². The van der Waals surface area contributed by atoms with Crippen LogP contribution in [0.2, 0.25) is 0 Å². The third kappa shape index (κ3) is 3.08. The molecule has 5 heteroatoms. The van der Waals surface area contributed by atoms with Crippen LogP contribution in [0.1, 0.15) is 50.5 Å². The van der Waals surface area contributed by atoms with Crippen molar-refractivity contribution in [3.05, 3.63) is 17.6 Å². The van der Waals surface area contributed by atoms with Gasteiger partial charge in [0.15, 0.2) is 0 Å². The molecule has 0 aliphatic heterocycles. The first-order valence-electron chi connectivity index (χ1n) is 7.29. The summed E-state index contributed by atoms with van der Waals surface area (Å²) in [7, 11) is 0. The van der Waals surface area contributed by atoms with Gasteiger partial charge in [-0.05, 0) is 45.4 Å². The number of aromatic nitrogens is 2. The third-order valence-electron chi connectivity index (χ3n) is 4.28. The van der Waals surface area contributed by atoms with Crippen LogP contribution in [0, 0.1) is 19.8 Å². The molecule has 1 aliphatic rings. The summed E-state index contributed by atoms with van der Waals surface area (Å²) in [5.74, 6) is 1.15. The average Bonchev–Trinajstić information content (AvgIpc) is 2.38. The molecule has 110 valence electrons. The second kappa shape index (κ2) is 5.77. The second-order valence-electron chi connectivity index (χ2n) is 5.81. The molecule has 0 saturated heterocycles. The molecule has 0 radical (unpaired) electrons. The van der Waals surface area contributed by atoms with E-state index in [-0.39, 0.29) is 0 Å². The number of aryl methyl sites for hydroxylation is 2. The maximum atomic E-state index is 11.7. The van der Waals surface area contributed by atoms with Crippen molar-refractivity contribution in [2.75, 3.05) is 5.32 Å². The van der Waals surface area contributed by atoms with Gasteiger partial charge in [-0.15, -0.1) is 0 Å². The summed E-state index contributed by atoms with van der Waals surface area (Å²) in [4.78, 5) is 20.3. The van der Waals surface area contributed by atoms with Crippen LogP contribution in [-0.4, -0.2) is 26.6 Å². The van der Waals surface area contributed by atoms with E-state index in [1.165, 1.54) is 0 Å². The molecule has 20 heavy (non-hydrogen) atoms. The van der Waals surface area contributed by atoms with E-state index in [9.17, 15) is 9.90 Å². The first-order chi connectivity index (χ1) is 9.45. The fourth-order valence-electron chi connectivity index (χ4n) is 3.00. The van der Waals surface area contributed by atoms with Gasteiger partial charge in [-0.3, -0.25) is 0 Å². The van der Waals surface area contributed by atoms with Crippen molar-refractivity contribution in [3.8, 4) is 0 Å². The van der Waals surface area contributed by atoms with Crippen LogP contribution in [0.3, 0.4) is 0 Å². The van der Waals surface area contributed by atoms with E-state index in [1.807, 2.05) is 19.9 Å². The van der Waals surface area contributed by atoms with Crippen molar-refractivity contribution in [3.63, 3.8) is 0 Å². The Hall–Kier alpha value is -1.65. The Bertz CT molecular complexity index is 474. The monoisotopic (exact) mass is 277 g/mol. The fourth-order valence-corrected chi connectivity index (χ4v) is 3.00. The predicted octanol–water partition coefficient (Wildman–Crippen LogP) is 2.93. The van der Waals surface area contributed by atoms with Gasteiger partial charge in [0.25, 0.3) is 0 Å². The van der Waals surface area contributed by atoms with Crippen molar-refractivity contribution in [1.82, 2.24) is 9.97 Å². The quantitative estimate of drug-likeness (QED) is 0.885. The summed E-state index contributed by atoms with van der Waals surface area (Å²) in [6, 6.07) is 1.81. The highest BCUT2D eigenvalue weighted by Gasteiger charge is 2.42. The van der Waals surface area contributed by atoms with E-state index in [0.717, 1.165) is 25.0 Å². The SMILES string of the molecule is CCC1CCC(Nc2cc(C)nc(C)n2)(C(=O)O)CC1. The Morgan fingerprint density at radius 2 is 2.05 bits per heavy atom. The highest BCUT2D eigenvalue weighted by atomic mass is 16.4. The van der Waals surface area contributed by atoms with Gasteiger partial charge < -0.3 is 10.4 Å². The van der Waals surface area contributed by atoms with Crippen LogP contribution in [0.4, 0.5) is 5.82 Å². The summed E-state index contributed by atoms with van der Waals surface area (Å²) >= 11 is 0. The molecule has 1 aromatic heterocycles. The van der Waals surface area contributed by atoms with Gasteiger partial charge in [-0.1, -0.05) is 13.3 Å². The second-order valence-corrected chi connectivity index (χ2v) is 5.81. The highest BCUT2D eigenvalue weighted by molar-refractivity contribution is 5.82. The van der Waals surface area contributed by atoms with Gasteiger partial charge in [0.1, 0.15) is 17.2 Å². The molecule has 0 aromatic carbocycles. The topological polar surface area (TPSA) is 75.1 Å². The van der Waals surface area contributed by atoms with Crippen LogP contribution in [0.25, 0.3) is 0 Å². The number of rotatable bonds is 4. The largest absolute Gasteiger partial charge is 0.480 e. The molecule has 1 heterocycles. The van der Waals surface area contributed by atoms with E-state index >= 15 is 0 Å². The van der Waals surface area contributed by atoms with E-state index in [4.69, 9.17) is 0 Å². The molecule has 0 atom stereocenters. The lowest BCUT2D eigenvalue weighted by atomic mass is 9.75. The van der Waals surface area contributed by atoms with E-state index in [0.29, 0.717) is 30.4 Å². The lowest BCUT2D eigenvalue weighted by Crippen LogP contribution is -2.49. The molecule has 0 amide bonds. The summed E-state index contributed by atoms with van der Waals surface area (Å²) in [6.07, 6.45) is 4.35. The molecular weight excluding hydrogens is 254 g/mol. The number of carboxylic acids is 1. The van der Waals surface area contributed by atoms with Crippen LogP contribution in [-0.2, 0) is 4.79 Å². The number of aliphatic carboxylic acids is 1. The third-order valence-corrected chi connectivity index (χ3v) is 4.28. The molecular formula is C15H23N3O2. The molecule has 1 aliphatic carbocycles. The minimum absolute atomic E-state index is 0.618. The summed E-state index contributed by atoms with van der Waals surface area (Å²) in [5.41, 5.74) is -0.0263. The van der Waals surface area contributed by atoms with E-state index in [2.05, 4.69) is 22.2 Å². The van der Waals surface area contributed by atoms with Gasteiger partial charge in [-0.25, -0.2) is 14.8 Å². The smallest absolute Gasteiger partial charge is 0.329 e. The van der Waals surface area contributed by atoms with Crippen molar-refractivity contribution < 1.29 is 9.90 Å².